The number of hydrogen-bond donors (Lipinski definition) is 0. The number of aromatic nitrogens is 2. The molecule has 0 radical (unpaired) electrons. The van der Waals surface area contributed by atoms with Crippen molar-refractivity contribution in [3.05, 3.63) is 23.2 Å². The van der Waals surface area contributed by atoms with Crippen LogP contribution in [0.5, 0.6) is 0 Å². The van der Waals surface area contributed by atoms with Gasteiger partial charge in [-0.2, -0.15) is 3.89 Å². The molecule has 2 nitrogen and oxygen atoms in total. The molecule has 0 bridgehead atoms. The van der Waals surface area contributed by atoms with Crippen LogP contribution in [-0.2, 0) is 5.75 Å². The van der Waals surface area contributed by atoms with Gasteiger partial charge in [-0.25, -0.2) is 9.97 Å². The molecule has 5 heteroatoms. The summed E-state index contributed by atoms with van der Waals surface area (Å²) in [5.41, 5.74) is 0.733. The summed E-state index contributed by atoms with van der Waals surface area (Å²) in [5.74, 6) is 0.275. The molecule has 1 aromatic heterocycles. The van der Waals surface area contributed by atoms with Crippen LogP contribution >= 0.6 is 23.7 Å². The predicted octanol–water partition coefficient (Wildman–Crippen LogP) is 2.25. The van der Waals surface area contributed by atoms with Crippen LogP contribution in [-0.4, -0.2) is 9.97 Å². The average Bonchev–Trinajstić information content (AvgIpc) is 1.95. The molecular weight excluding hydrogens is 175 g/mol. The molecule has 54 valence electrons. The third-order valence-corrected chi connectivity index (χ3v) is 1.53. The lowest BCUT2D eigenvalue weighted by Gasteiger charge is -1.92. The fourth-order valence-corrected chi connectivity index (χ4v) is 0.849. The molecule has 0 saturated heterocycles. The van der Waals surface area contributed by atoms with Crippen molar-refractivity contribution in [3.63, 3.8) is 0 Å². The molecule has 0 atom stereocenters. The van der Waals surface area contributed by atoms with Gasteiger partial charge in [0.1, 0.15) is 0 Å². The quantitative estimate of drug-likeness (QED) is 0.650. The van der Waals surface area contributed by atoms with Crippen molar-refractivity contribution in [2.45, 2.75) is 5.75 Å². The Kier molecular flexibility index (Phi) is 2.89. The van der Waals surface area contributed by atoms with Gasteiger partial charge in [0.25, 0.3) is 0 Å². The Morgan fingerprint density at radius 1 is 1.50 bits per heavy atom. The second kappa shape index (κ2) is 3.73. The molecule has 0 aliphatic heterocycles. The topological polar surface area (TPSA) is 25.8 Å². The van der Waals surface area contributed by atoms with Gasteiger partial charge in [-0.1, -0.05) is 0 Å². The first-order valence-electron chi connectivity index (χ1n) is 2.53. The van der Waals surface area contributed by atoms with E-state index in [-0.39, 0.29) is 23.2 Å². The summed E-state index contributed by atoms with van der Waals surface area (Å²) < 4.78 is 11.6. The first kappa shape index (κ1) is 7.75. The predicted molar refractivity (Wildman–Crippen MR) is 39.4 cm³/mol. The van der Waals surface area contributed by atoms with Crippen molar-refractivity contribution < 1.29 is 3.89 Å². The summed E-state index contributed by atoms with van der Waals surface area (Å²) in [7, 11) is 0. The van der Waals surface area contributed by atoms with E-state index < -0.39 is 0 Å². The van der Waals surface area contributed by atoms with Gasteiger partial charge in [-0.05, 0) is 11.6 Å². The lowest BCUT2D eigenvalue weighted by Crippen LogP contribution is -1.84. The largest absolute Gasteiger partial charge is 0.226 e. The number of rotatable bonds is 2. The highest BCUT2D eigenvalue weighted by molar-refractivity contribution is 7.93. The second-order valence-electron chi connectivity index (χ2n) is 1.61. The third-order valence-electron chi connectivity index (χ3n) is 0.895. The molecule has 1 aromatic rings. The van der Waals surface area contributed by atoms with E-state index in [1.807, 2.05) is 0 Å². The molecule has 0 spiro atoms. The molecule has 0 fully saturated rings. The van der Waals surface area contributed by atoms with E-state index in [2.05, 4.69) is 9.97 Å². The molecule has 0 amide bonds. The second-order valence-corrected chi connectivity index (χ2v) is 2.46. The Bertz CT molecular complexity index is 203. The molecule has 0 N–H and O–H groups in total. The zero-order chi connectivity index (χ0) is 7.40. The molecular formula is C5H4ClFN2S. The third kappa shape index (κ3) is 2.11. The minimum Gasteiger partial charge on any atom is -0.226 e. The van der Waals surface area contributed by atoms with Crippen molar-refractivity contribution in [1.29, 1.82) is 0 Å². The number of hydrogen-bond acceptors (Lipinski definition) is 3. The normalized spacial score (nSPS) is 9.80. The van der Waals surface area contributed by atoms with E-state index in [9.17, 15) is 3.89 Å². The standard InChI is InChI=1S/C5H4ClFN2S/c6-5-8-1-4(2-9-5)3-10-7/h1-2H,3H2. The summed E-state index contributed by atoms with van der Waals surface area (Å²) in [4.78, 5) is 7.34. The van der Waals surface area contributed by atoms with E-state index in [1.165, 1.54) is 12.4 Å². The first-order valence-corrected chi connectivity index (χ1v) is 3.79. The minimum absolute atomic E-state index is 0.188. The van der Waals surface area contributed by atoms with Gasteiger partial charge in [0, 0.05) is 30.1 Å². The van der Waals surface area contributed by atoms with Gasteiger partial charge in [0.15, 0.2) is 0 Å². The van der Waals surface area contributed by atoms with Gasteiger partial charge >= 0.3 is 0 Å². The van der Waals surface area contributed by atoms with Gasteiger partial charge in [-0.3, -0.25) is 0 Å². The minimum atomic E-state index is 0.188. The van der Waals surface area contributed by atoms with Crippen molar-refractivity contribution >= 4 is 23.7 Å². The maximum absolute atomic E-state index is 11.6. The summed E-state index contributed by atoms with van der Waals surface area (Å²) in [6.07, 6.45) is 3.00. The van der Waals surface area contributed by atoms with Crippen molar-refractivity contribution in [2.75, 3.05) is 0 Å². The number of nitrogens with zero attached hydrogens (tertiary/aromatic N) is 2. The van der Waals surface area contributed by atoms with Gasteiger partial charge in [0.05, 0.1) is 5.75 Å². The van der Waals surface area contributed by atoms with Crippen LogP contribution in [0.4, 0.5) is 3.89 Å². The van der Waals surface area contributed by atoms with Crippen LogP contribution in [0.15, 0.2) is 12.4 Å². The summed E-state index contributed by atoms with van der Waals surface area (Å²) >= 11 is 5.63. The molecule has 10 heavy (non-hydrogen) atoms. The Morgan fingerprint density at radius 2 is 2.10 bits per heavy atom. The molecule has 0 unspecified atom stereocenters. The van der Waals surface area contributed by atoms with Gasteiger partial charge in [0.2, 0.25) is 5.28 Å². The monoisotopic (exact) mass is 178 g/mol. The van der Waals surface area contributed by atoms with Crippen LogP contribution in [0.2, 0.25) is 5.28 Å². The first-order chi connectivity index (χ1) is 4.83. The van der Waals surface area contributed by atoms with Crippen molar-refractivity contribution in [3.8, 4) is 0 Å². The summed E-state index contributed by atoms with van der Waals surface area (Å²) in [6, 6.07) is 0. The summed E-state index contributed by atoms with van der Waals surface area (Å²) in [6.45, 7) is 0. The molecule has 0 aliphatic carbocycles. The zero-order valence-corrected chi connectivity index (χ0v) is 6.49. The zero-order valence-electron chi connectivity index (χ0n) is 4.92. The highest BCUT2D eigenvalue weighted by atomic mass is 35.5. The van der Waals surface area contributed by atoms with E-state index >= 15 is 0 Å². The fraction of sp³-hybridized carbons (Fsp3) is 0.200. The smallest absolute Gasteiger partial charge is 0.222 e. The highest BCUT2D eigenvalue weighted by Gasteiger charge is 1.93. The molecule has 0 aliphatic rings. The molecule has 1 rings (SSSR count). The maximum atomic E-state index is 11.6. The van der Waals surface area contributed by atoms with Crippen molar-refractivity contribution in [1.82, 2.24) is 9.97 Å². The number of halogens is 2. The van der Waals surface area contributed by atoms with Crippen LogP contribution in [0.3, 0.4) is 0 Å². The summed E-state index contributed by atoms with van der Waals surface area (Å²) in [5, 5.41) is 0.188. The molecule has 0 saturated carbocycles. The van der Waals surface area contributed by atoms with Crippen LogP contribution in [0.25, 0.3) is 0 Å². The fourth-order valence-electron chi connectivity index (χ4n) is 0.477. The maximum Gasteiger partial charge on any atom is 0.222 e. The van der Waals surface area contributed by atoms with Crippen LogP contribution in [0.1, 0.15) is 5.56 Å². The Hall–Kier alpha value is -0.350. The Morgan fingerprint density at radius 3 is 2.60 bits per heavy atom. The van der Waals surface area contributed by atoms with E-state index in [0.29, 0.717) is 0 Å². The highest BCUT2D eigenvalue weighted by Crippen LogP contribution is 2.10. The van der Waals surface area contributed by atoms with E-state index in [4.69, 9.17) is 11.6 Å². The molecule has 0 aromatic carbocycles. The van der Waals surface area contributed by atoms with E-state index in [0.717, 1.165) is 5.56 Å². The Balaban J connectivity index is 2.69. The van der Waals surface area contributed by atoms with Crippen LogP contribution < -0.4 is 0 Å². The SMILES string of the molecule is FSCc1cnc(Cl)nc1. The Labute approximate surface area is 67.1 Å². The van der Waals surface area contributed by atoms with E-state index in [1.54, 1.807) is 0 Å². The van der Waals surface area contributed by atoms with Crippen LogP contribution in [0, 0.1) is 0 Å². The van der Waals surface area contributed by atoms with Gasteiger partial charge < -0.3 is 0 Å². The molecule has 1 heterocycles. The lowest BCUT2D eigenvalue weighted by atomic mass is 10.4. The van der Waals surface area contributed by atoms with Gasteiger partial charge in [-0.15, -0.1) is 0 Å². The van der Waals surface area contributed by atoms with Crippen molar-refractivity contribution in [2.24, 2.45) is 0 Å². The average molecular weight is 179 g/mol. The lowest BCUT2D eigenvalue weighted by molar-refractivity contribution is 0.930.